The summed E-state index contributed by atoms with van der Waals surface area (Å²) in [5, 5.41) is 1.88. The fourth-order valence-corrected chi connectivity index (χ4v) is 2.32. The highest BCUT2D eigenvalue weighted by molar-refractivity contribution is 7.14. The number of rotatable bonds is 1. The molecule has 1 aromatic heterocycles. The van der Waals surface area contributed by atoms with Gasteiger partial charge >= 0.3 is 0 Å². The summed E-state index contributed by atoms with van der Waals surface area (Å²) in [6.07, 6.45) is 0. The minimum Gasteiger partial charge on any atom is -0.398 e. The zero-order valence-corrected chi connectivity index (χ0v) is 8.57. The predicted molar refractivity (Wildman–Crippen MR) is 58.9 cm³/mol. The fourth-order valence-electron chi connectivity index (χ4n) is 1.34. The molecule has 72 valence electrons. The number of anilines is 1. The standard InChI is InChI=1S/C11H10FNS/c1-7-10(13)6-14-11(7)8-3-2-4-9(12)5-8/h2-6H,13H2,1H3. The van der Waals surface area contributed by atoms with E-state index in [-0.39, 0.29) is 5.82 Å². The molecule has 0 amide bonds. The largest absolute Gasteiger partial charge is 0.398 e. The van der Waals surface area contributed by atoms with E-state index >= 15 is 0 Å². The summed E-state index contributed by atoms with van der Waals surface area (Å²) in [6, 6.07) is 6.56. The Bertz CT molecular complexity index is 462. The molecule has 0 atom stereocenters. The van der Waals surface area contributed by atoms with E-state index in [1.54, 1.807) is 17.4 Å². The van der Waals surface area contributed by atoms with E-state index in [9.17, 15) is 4.39 Å². The van der Waals surface area contributed by atoms with Crippen LogP contribution in [0.3, 0.4) is 0 Å². The van der Waals surface area contributed by atoms with Crippen LogP contribution in [-0.2, 0) is 0 Å². The number of halogens is 1. The van der Waals surface area contributed by atoms with E-state index in [1.165, 1.54) is 12.1 Å². The number of benzene rings is 1. The van der Waals surface area contributed by atoms with Crippen LogP contribution in [0.4, 0.5) is 10.1 Å². The van der Waals surface area contributed by atoms with E-state index in [4.69, 9.17) is 5.73 Å². The lowest BCUT2D eigenvalue weighted by molar-refractivity contribution is 0.628. The zero-order valence-electron chi connectivity index (χ0n) is 7.75. The van der Waals surface area contributed by atoms with Crippen molar-refractivity contribution in [1.29, 1.82) is 0 Å². The number of nitrogen functional groups attached to an aromatic ring is 1. The molecule has 0 aliphatic heterocycles. The highest BCUT2D eigenvalue weighted by Gasteiger charge is 2.07. The molecule has 0 bridgehead atoms. The van der Waals surface area contributed by atoms with Gasteiger partial charge in [-0.2, -0.15) is 0 Å². The molecule has 1 heterocycles. The fraction of sp³-hybridized carbons (Fsp3) is 0.0909. The first-order valence-corrected chi connectivity index (χ1v) is 5.16. The van der Waals surface area contributed by atoms with Crippen LogP contribution in [0.1, 0.15) is 5.56 Å². The van der Waals surface area contributed by atoms with Crippen molar-refractivity contribution in [1.82, 2.24) is 0 Å². The molecule has 2 aromatic rings. The average molecular weight is 207 g/mol. The molecular weight excluding hydrogens is 197 g/mol. The van der Waals surface area contributed by atoms with E-state index in [2.05, 4.69) is 0 Å². The number of hydrogen-bond acceptors (Lipinski definition) is 2. The summed E-state index contributed by atoms with van der Waals surface area (Å²) < 4.78 is 13.0. The van der Waals surface area contributed by atoms with E-state index in [0.29, 0.717) is 0 Å². The minimum absolute atomic E-state index is 0.214. The summed E-state index contributed by atoms with van der Waals surface area (Å²) in [5.74, 6) is -0.214. The maximum atomic E-state index is 13.0. The van der Waals surface area contributed by atoms with Gasteiger partial charge < -0.3 is 5.73 Å². The van der Waals surface area contributed by atoms with Crippen molar-refractivity contribution >= 4 is 17.0 Å². The van der Waals surface area contributed by atoms with Gasteiger partial charge in [0, 0.05) is 15.9 Å². The molecule has 1 nitrogen and oxygen atoms in total. The number of thiophene rings is 1. The Balaban J connectivity index is 2.55. The van der Waals surface area contributed by atoms with E-state index in [0.717, 1.165) is 21.7 Å². The molecule has 0 saturated heterocycles. The summed E-state index contributed by atoms with van der Waals surface area (Å²) in [7, 11) is 0. The molecule has 1 aromatic carbocycles. The second-order valence-electron chi connectivity index (χ2n) is 3.16. The monoisotopic (exact) mass is 207 g/mol. The number of hydrogen-bond donors (Lipinski definition) is 1. The first-order valence-electron chi connectivity index (χ1n) is 4.28. The molecule has 3 heteroatoms. The Labute approximate surface area is 86.0 Å². The van der Waals surface area contributed by atoms with Crippen molar-refractivity contribution in [3.8, 4) is 10.4 Å². The van der Waals surface area contributed by atoms with Gasteiger partial charge in [-0.05, 0) is 30.2 Å². The highest BCUT2D eigenvalue weighted by atomic mass is 32.1. The molecule has 0 aliphatic rings. The maximum absolute atomic E-state index is 13.0. The van der Waals surface area contributed by atoms with E-state index in [1.807, 2.05) is 18.4 Å². The molecule has 0 fully saturated rings. The molecule has 14 heavy (non-hydrogen) atoms. The topological polar surface area (TPSA) is 26.0 Å². The smallest absolute Gasteiger partial charge is 0.123 e. The van der Waals surface area contributed by atoms with Gasteiger partial charge in [0.1, 0.15) is 5.82 Å². The van der Waals surface area contributed by atoms with Crippen molar-refractivity contribution < 1.29 is 4.39 Å². The van der Waals surface area contributed by atoms with Crippen molar-refractivity contribution in [3.63, 3.8) is 0 Å². The van der Waals surface area contributed by atoms with Crippen LogP contribution < -0.4 is 5.73 Å². The molecule has 2 N–H and O–H groups in total. The third-order valence-electron chi connectivity index (χ3n) is 2.16. The Morgan fingerprint density at radius 3 is 2.71 bits per heavy atom. The molecule has 2 rings (SSSR count). The Hall–Kier alpha value is -1.35. The van der Waals surface area contributed by atoms with Gasteiger partial charge in [-0.15, -0.1) is 11.3 Å². The van der Waals surface area contributed by atoms with Gasteiger partial charge in [0.15, 0.2) is 0 Å². The molecule has 0 saturated carbocycles. The first kappa shape index (κ1) is 9.21. The summed E-state index contributed by atoms with van der Waals surface area (Å²) >= 11 is 1.55. The highest BCUT2D eigenvalue weighted by Crippen LogP contribution is 2.33. The van der Waals surface area contributed by atoms with Crippen LogP contribution in [0.15, 0.2) is 29.6 Å². The van der Waals surface area contributed by atoms with Crippen molar-refractivity contribution in [2.45, 2.75) is 6.92 Å². The lowest BCUT2D eigenvalue weighted by Gasteiger charge is -2.00. The third-order valence-corrected chi connectivity index (χ3v) is 3.31. The van der Waals surface area contributed by atoms with Gasteiger partial charge in [-0.3, -0.25) is 0 Å². The predicted octanol–water partition coefficient (Wildman–Crippen LogP) is 3.44. The lowest BCUT2D eigenvalue weighted by atomic mass is 10.1. The zero-order chi connectivity index (χ0) is 10.1. The van der Waals surface area contributed by atoms with Gasteiger partial charge in [0.05, 0.1) is 0 Å². The Kier molecular flexibility index (Phi) is 2.25. The molecule has 0 spiro atoms. The average Bonchev–Trinajstić information content (AvgIpc) is 2.48. The van der Waals surface area contributed by atoms with Crippen LogP contribution in [0.5, 0.6) is 0 Å². The van der Waals surface area contributed by atoms with Crippen LogP contribution in [-0.4, -0.2) is 0 Å². The lowest BCUT2D eigenvalue weighted by Crippen LogP contribution is -1.84. The van der Waals surface area contributed by atoms with Crippen LogP contribution in [0.25, 0.3) is 10.4 Å². The molecule has 0 unspecified atom stereocenters. The molecule has 0 aliphatic carbocycles. The summed E-state index contributed by atoms with van der Waals surface area (Å²) in [6.45, 7) is 1.95. The van der Waals surface area contributed by atoms with Gasteiger partial charge in [-0.25, -0.2) is 4.39 Å². The first-order chi connectivity index (χ1) is 6.68. The Morgan fingerprint density at radius 2 is 2.14 bits per heavy atom. The normalized spacial score (nSPS) is 10.4. The summed E-state index contributed by atoms with van der Waals surface area (Å²) in [5.41, 5.74) is 8.43. The second kappa shape index (κ2) is 3.42. The third kappa shape index (κ3) is 1.51. The molecular formula is C11H10FNS. The van der Waals surface area contributed by atoms with Crippen molar-refractivity contribution in [3.05, 3.63) is 41.0 Å². The second-order valence-corrected chi connectivity index (χ2v) is 4.04. The van der Waals surface area contributed by atoms with Gasteiger partial charge in [0.2, 0.25) is 0 Å². The quantitative estimate of drug-likeness (QED) is 0.761. The van der Waals surface area contributed by atoms with Crippen molar-refractivity contribution in [2.24, 2.45) is 0 Å². The van der Waals surface area contributed by atoms with Crippen LogP contribution >= 0.6 is 11.3 Å². The van der Waals surface area contributed by atoms with Crippen LogP contribution in [0, 0.1) is 12.7 Å². The Morgan fingerprint density at radius 1 is 1.36 bits per heavy atom. The maximum Gasteiger partial charge on any atom is 0.123 e. The minimum atomic E-state index is -0.214. The van der Waals surface area contributed by atoms with Gasteiger partial charge in [0.25, 0.3) is 0 Å². The van der Waals surface area contributed by atoms with Crippen LogP contribution in [0.2, 0.25) is 0 Å². The van der Waals surface area contributed by atoms with Gasteiger partial charge in [-0.1, -0.05) is 12.1 Å². The molecule has 0 radical (unpaired) electrons. The summed E-state index contributed by atoms with van der Waals surface area (Å²) in [4.78, 5) is 1.04. The van der Waals surface area contributed by atoms with Crippen molar-refractivity contribution in [2.75, 3.05) is 5.73 Å². The SMILES string of the molecule is Cc1c(N)csc1-c1cccc(F)c1. The van der Waals surface area contributed by atoms with E-state index < -0.39 is 0 Å². The number of nitrogens with two attached hydrogens (primary N) is 1.